The van der Waals surface area contributed by atoms with Crippen LogP contribution < -0.4 is 20.5 Å². The molecule has 3 N–H and O–H groups in total. The molecule has 1 aromatic carbocycles. The Kier molecular flexibility index (Phi) is 5.31. The number of anilines is 1. The Hall–Kier alpha value is -3.88. The highest BCUT2D eigenvalue weighted by Crippen LogP contribution is 2.28. The minimum Gasteiger partial charge on any atom is -0.493 e. The van der Waals surface area contributed by atoms with Crippen LogP contribution in [0.1, 0.15) is 10.4 Å². The lowest BCUT2D eigenvalue weighted by Crippen LogP contribution is -2.20. The second-order valence-electron chi connectivity index (χ2n) is 5.43. The molecule has 9 nitrogen and oxygen atoms in total. The Morgan fingerprint density at radius 3 is 2.70 bits per heavy atom. The zero-order valence-corrected chi connectivity index (χ0v) is 14.5. The van der Waals surface area contributed by atoms with E-state index in [1.807, 2.05) is 0 Å². The van der Waals surface area contributed by atoms with Crippen LogP contribution >= 0.6 is 0 Å². The van der Waals surface area contributed by atoms with Gasteiger partial charge in [0.1, 0.15) is 0 Å². The summed E-state index contributed by atoms with van der Waals surface area (Å²) >= 11 is 0. The first-order valence-electron chi connectivity index (χ1n) is 7.93. The van der Waals surface area contributed by atoms with Gasteiger partial charge in [0.25, 0.3) is 11.8 Å². The SMILES string of the molecule is COc1cc(C(=O)Nc2ccc(-n3cccn3)nc2)ccc1OCC(N)=O. The number of primary amides is 1. The first-order chi connectivity index (χ1) is 13.1. The van der Waals surface area contributed by atoms with Crippen LogP contribution in [0.2, 0.25) is 0 Å². The van der Waals surface area contributed by atoms with Crippen LogP contribution in [0.25, 0.3) is 5.82 Å². The van der Waals surface area contributed by atoms with E-state index in [-0.39, 0.29) is 12.5 Å². The van der Waals surface area contributed by atoms with E-state index in [4.69, 9.17) is 15.2 Å². The second kappa shape index (κ2) is 8.00. The predicted octanol–water partition coefficient (Wildman–Crippen LogP) is 1.39. The molecule has 0 radical (unpaired) electrons. The van der Waals surface area contributed by atoms with Gasteiger partial charge in [0.15, 0.2) is 23.9 Å². The molecule has 138 valence electrons. The third kappa shape index (κ3) is 4.40. The zero-order chi connectivity index (χ0) is 19.2. The number of hydrogen-bond donors (Lipinski definition) is 2. The van der Waals surface area contributed by atoms with Crippen molar-refractivity contribution in [2.75, 3.05) is 19.0 Å². The van der Waals surface area contributed by atoms with Crippen molar-refractivity contribution < 1.29 is 19.1 Å². The molecule has 0 aliphatic carbocycles. The summed E-state index contributed by atoms with van der Waals surface area (Å²) in [6, 6.07) is 9.86. The van der Waals surface area contributed by atoms with E-state index in [2.05, 4.69) is 15.4 Å². The number of carbonyl (C=O) groups excluding carboxylic acids is 2. The van der Waals surface area contributed by atoms with Gasteiger partial charge in [-0.3, -0.25) is 9.59 Å². The molecule has 3 rings (SSSR count). The second-order valence-corrected chi connectivity index (χ2v) is 5.43. The van der Waals surface area contributed by atoms with E-state index in [0.717, 1.165) is 0 Å². The van der Waals surface area contributed by atoms with E-state index >= 15 is 0 Å². The maximum absolute atomic E-state index is 12.4. The fourth-order valence-electron chi connectivity index (χ4n) is 2.28. The van der Waals surface area contributed by atoms with Gasteiger partial charge in [0, 0.05) is 18.0 Å². The molecular formula is C18H17N5O4. The Morgan fingerprint density at radius 1 is 1.22 bits per heavy atom. The molecule has 0 aliphatic heterocycles. The number of rotatable bonds is 7. The van der Waals surface area contributed by atoms with Gasteiger partial charge in [-0.25, -0.2) is 9.67 Å². The van der Waals surface area contributed by atoms with Crippen molar-refractivity contribution in [3.8, 4) is 17.3 Å². The summed E-state index contributed by atoms with van der Waals surface area (Å²) in [5, 5.41) is 6.84. The minimum absolute atomic E-state index is 0.282. The van der Waals surface area contributed by atoms with Crippen LogP contribution in [-0.2, 0) is 4.79 Å². The molecule has 0 unspecified atom stereocenters. The molecule has 2 amide bonds. The van der Waals surface area contributed by atoms with Gasteiger partial charge < -0.3 is 20.5 Å². The fourth-order valence-corrected chi connectivity index (χ4v) is 2.28. The summed E-state index contributed by atoms with van der Waals surface area (Å²) < 4.78 is 12.1. The van der Waals surface area contributed by atoms with Crippen molar-refractivity contribution in [2.24, 2.45) is 5.73 Å². The molecule has 0 bridgehead atoms. The van der Waals surface area contributed by atoms with Crippen molar-refractivity contribution in [3.05, 3.63) is 60.6 Å². The highest BCUT2D eigenvalue weighted by Gasteiger charge is 2.12. The highest BCUT2D eigenvalue weighted by molar-refractivity contribution is 6.04. The Balaban J connectivity index is 1.71. The van der Waals surface area contributed by atoms with Gasteiger partial charge in [-0.2, -0.15) is 5.10 Å². The number of nitrogens with two attached hydrogens (primary N) is 1. The number of hydrogen-bond acceptors (Lipinski definition) is 6. The topological polar surface area (TPSA) is 121 Å². The lowest BCUT2D eigenvalue weighted by atomic mass is 10.2. The number of methoxy groups -OCH3 is 1. The van der Waals surface area contributed by atoms with Gasteiger partial charge in [-0.05, 0) is 36.4 Å². The standard InChI is InChI=1S/C18H17N5O4/c1-26-15-9-12(3-5-14(15)27-11-16(19)24)18(25)22-13-4-6-17(20-10-13)23-8-2-7-21-23/h2-10H,11H2,1H3,(H2,19,24)(H,22,25). The summed E-state index contributed by atoms with van der Waals surface area (Å²) in [6.07, 6.45) is 4.97. The largest absolute Gasteiger partial charge is 0.493 e. The quantitative estimate of drug-likeness (QED) is 0.651. The molecule has 0 saturated carbocycles. The van der Waals surface area contributed by atoms with Crippen molar-refractivity contribution in [1.82, 2.24) is 14.8 Å². The van der Waals surface area contributed by atoms with Gasteiger partial charge in [0.2, 0.25) is 0 Å². The maximum atomic E-state index is 12.4. The van der Waals surface area contributed by atoms with Crippen LogP contribution in [0, 0.1) is 0 Å². The molecule has 0 saturated heterocycles. The molecule has 9 heteroatoms. The van der Waals surface area contributed by atoms with Crippen molar-refractivity contribution >= 4 is 17.5 Å². The third-order valence-electron chi connectivity index (χ3n) is 3.54. The maximum Gasteiger partial charge on any atom is 0.255 e. The molecule has 0 fully saturated rings. The first kappa shape index (κ1) is 17.9. The highest BCUT2D eigenvalue weighted by atomic mass is 16.5. The lowest BCUT2D eigenvalue weighted by Gasteiger charge is -2.11. The molecule has 0 aliphatic rings. The minimum atomic E-state index is -0.607. The van der Waals surface area contributed by atoms with Gasteiger partial charge in [-0.1, -0.05) is 0 Å². The van der Waals surface area contributed by atoms with E-state index in [0.29, 0.717) is 28.6 Å². The Bertz CT molecular complexity index is 939. The zero-order valence-electron chi connectivity index (χ0n) is 14.5. The summed E-state index contributed by atoms with van der Waals surface area (Å²) in [5.41, 5.74) is 5.94. The van der Waals surface area contributed by atoms with Gasteiger partial charge >= 0.3 is 0 Å². The first-order valence-corrected chi connectivity index (χ1v) is 7.93. The number of amides is 2. The molecule has 2 aromatic heterocycles. The number of aromatic nitrogens is 3. The molecular weight excluding hydrogens is 350 g/mol. The van der Waals surface area contributed by atoms with E-state index in [9.17, 15) is 9.59 Å². The predicted molar refractivity (Wildman–Crippen MR) is 97.0 cm³/mol. The number of nitrogens with zero attached hydrogens (tertiary/aromatic N) is 3. The summed E-state index contributed by atoms with van der Waals surface area (Å²) in [7, 11) is 1.44. The number of pyridine rings is 1. The van der Waals surface area contributed by atoms with Gasteiger partial charge in [0.05, 0.1) is 19.0 Å². The van der Waals surface area contributed by atoms with E-state index in [1.54, 1.807) is 41.3 Å². The molecule has 2 heterocycles. The molecule has 3 aromatic rings. The number of ether oxygens (including phenoxy) is 2. The number of carbonyl (C=O) groups is 2. The monoisotopic (exact) mass is 367 g/mol. The Morgan fingerprint density at radius 2 is 2.07 bits per heavy atom. The number of nitrogens with one attached hydrogen (secondary N) is 1. The molecule has 27 heavy (non-hydrogen) atoms. The lowest BCUT2D eigenvalue weighted by molar-refractivity contribution is -0.119. The van der Waals surface area contributed by atoms with Crippen LogP contribution in [0.3, 0.4) is 0 Å². The summed E-state index contributed by atoms with van der Waals surface area (Å²) in [5.74, 6) is 0.318. The normalized spacial score (nSPS) is 10.3. The molecule has 0 spiro atoms. The Labute approximate surface area is 154 Å². The van der Waals surface area contributed by atoms with Crippen LogP contribution in [-0.4, -0.2) is 40.3 Å². The molecule has 0 atom stereocenters. The summed E-state index contributed by atoms with van der Waals surface area (Å²) in [6.45, 7) is -0.282. The van der Waals surface area contributed by atoms with Gasteiger partial charge in [-0.15, -0.1) is 0 Å². The number of benzene rings is 1. The van der Waals surface area contributed by atoms with E-state index < -0.39 is 5.91 Å². The summed E-state index contributed by atoms with van der Waals surface area (Å²) in [4.78, 5) is 27.5. The van der Waals surface area contributed by atoms with Crippen molar-refractivity contribution in [3.63, 3.8) is 0 Å². The third-order valence-corrected chi connectivity index (χ3v) is 3.54. The average molecular weight is 367 g/mol. The fraction of sp³-hybridized carbons (Fsp3) is 0.111. The van der Waals surface area contributed by atoms with Crippen molar-refractivity contribution in [2.45, 2.75) is 0 Å². The smallest absolute Gasteiger partial charge is 0.255 e. The van der Waals surface area contributed by atoms with Crippen LogP contribution in [0.4, 0.5) is 5.69 Å². The van der Waals surface area contributed by atoms with Crippen LogP contribution in [0.15, 0.2) is 55.0 Å². The van der Waals surface area contributed by atoms with E-state index in [1.165, 1.54) is 25.4 Å². The van der Waals surface area contributed by atoms with Crippen molar-refractivity contribution in [1.29, 1.82) is 0 Å². The average Bonchev–Trinajstić information content (AvgIpc) is 3.21. The van der Waals surface area contributed by atoms with Crippen LogP contribution in [0.5, 0.6) is 11.5 Å².